The van der Waals surface area contributed by atoms with Crippen molar-refractivity contribution in [3.8, 4) is 0 Å². The first-order valence-corrected chi connectivity index (χ1v) is 9.84. The Morgan fingerprint density at radius 3 is 2.97 bits per heavy atom. The van der Waals surface area contributed by atoms with Gasteiger partial charge in [-0.25, -0.2) is 9.78 Å². The molecule has 29 heavy (non-hydrogen) atoms. The topological polar surface area (TPSA) is 124 Å². The van der Waals surface area contributed by atoms with Gasteiger partial charge in [-0.15, -0.1) is 0 Å². The summed E-state index contributed by atoms with van der Waals surface area (Å²) in [4.78, 5) is 17.1. The van der Waals surface area contributed by atoms with E-state index in [1.807, 2.05) is 18.3 Å². The standard InChI is InChI=1S/C20H24ClN5O3/c1-2-23-19-13(9-22)7-18-24-16(19)8-15(27)10-29-11-17(25-20(28)26-18)12-4-3-5-14(21)6-12/h3-7,9,15,17,22-23,27H,2,8,10-11H2,1H3,(H2,24,25,26,28)/p+1/t15-,17+/m0/s1. The molecule has 1 aliphatic heterocycles. The summed E-state index contributed by atoms with van der Waals surface area (Å²) < 4.78 is 5.68. The fourth-order valence-electron chi connectivity index (χ4n) is 3.27. The molecule has 8 nitrogen and oxygen atoms in total. The molecule has 2 heterocycles. The van der Waals surface area contributed by atoms with Crippen LogP contribution in [0.4, 0.5) is 16.3 Å². The minimum atomic E-state index is -0.768. The first-order valence-electron chi connectivity index (χ1n) is 9.46. The lowest BCUT2D eigenvalue weighted by molar-refractivity contribution is -0.568. The lowest BCUT2D eigenvalue weighted by atomic mass is 10.1. The van der Waals surface area contributed by atoms with Crippen LogP contribution in [0.25, 0.3) is 0 Å². The molecule has 1 aromatic heterocycles. The van der Waals surface area contributed by atoms with Crippen LogP contribution in [-0.2, 0) is 11.2 Å². The first-order chi connectivity index (χ1) is 14.0. The number of carbonyl (C=O) groups is 1. The quantitative estimate of drug-likeness (QED) is 0.485. The SMILES string of the molecule is CC[NH2+]c1c(C=N)cc2nc1C[C@H](O)COC[C@H](c1cccc(Cl)c1)NC(=O)N2. The van der Waals surface area contributed by atoms with Crippen LogP contribution in [0.15, 0.2) is 30.3 Å². The van der Waals surface area contributed by atoms with Gasteiger partial charge >= 0.3 is 6.03 Å². The van der Waals surface area contributed by atoms with Gasteiger partial charge in [0.1, 0.15) is 11.5 Å². The lowest BCUT2D eigenvalue weighted by Gasteiger charge is -2.22. The Morgan fingerprint density at radius 1 is 1.41 bits per heavy atom. The number of halogens is 1. The van der Waals surface area contributed by atoms with Gasteiger partial charge in [-0.05, 0) is 30.7 Å². The van der Waals surface area contributed by atoms with Crippen LogP contribution < -0.4 is 16.0 Å². The van der Waals surface area contributed by atoms with E-state index in [0.29, 0.717) is 22.1 Å². The number of rotatable bonds is 4. The molecule has 2 atom stereocenters. The molecule has 0 unspecified atom stereocenters. The molecule has 154 valence electrons. The highest BCUT2D eigenvalue weighted by atomic mass is 35.5. The Balaban J connectivity index is 1.93. The van der Waals surface area contributed by atoms with E-state index < -0.39 is 18.2 Å². The number of benzene rings is 1. The number of nitrogens with one attached hydrogen (secondary N) is 3. The largest absolute Gasteiger partial charge is 0.390 e. The van der Waals surface area contributed by atoms with E-state index in [-0.39, 0.29) is 19.6 Å². The average Bonchev–Trinajstić information content (AvgIpc) is 2.68. The summed E-state index contributed by atoms with van der Waals surface area (Å²) in [6, 6.07) is 7.93. The maximum Gasteiger partial charge on any atom is 0.320 e. The van der Waals surface area contributed by atoms with Crippen molar-refractivity contribution >= 4 is 35.4 Å². The molecule has 0 aliphatic carbocycles. The number of aliphatic hydroxyl groups excluding tert-OH is 1. The molecular formula is C20H25ClN5O3+. The highest BCUT2D eigenvalue weighted by Crippen LogP contribution is 2.22. The maximum absolute atomic E-state index is 12.6. The number of fused-ring (bicyclic) bond motifs is 2. The molecule has 0 radical (unpaired) electrons. The number of carbonyl (C=O) groups excluding carboxylic acids is 1. The summed E-state index contributed by atoms with van der Waals surface area (Å²) >= 11 is 6.08. The number of amides is 2. The third-order valence-electron chi connectivity index (χ3n) is 4.55. The number of ether oxygens (including phenoxy) is 1. The van der Waals surface area contributed by atoms with Gasteiger partial charge < -0.3 is 25.9 Å². The van der Waals surface area contributed by atoms with Gasteiger partial charge in [-0.1, -0.05) is 23.7 Å². The third kappa shape index (κ3) is 5.51. The molecule has 1 aliphatic rings. The van der Waals surface area contributed by atoms with Crippen LogP contribution in [0.2, 0.25) is 5.02 Å². The van der Waals surface area contributed by atoms with Crippen molar-refractivity contribution < 1.29 is 20.0 Å². The number of nitrogens with zero attached hydrogens (tertiary/aromatic N) is 1. The number of hydrogen-bond acceptors (Lipinski definition) is 5. The van der Waals surface area contributed by atoms with Crippen molar-refractivity contribution in [2.75, 3.05) is 25.1 Å². The van der Waals surface area contributed by atoms with E-state index in [9.17, 15) is 9.90 Å². The molecule has 0 saturated heterocycles. The highest BCUT2D eigenvalue weighted by Gasteiger charge is 2.22. The van der Waals surface area contributed by atoms with Crippen molar-refractivity contribution in [2.24, 2.45) is 0 Å². The minimum Gasteiger partial charge on any atom is -0.390 e. The van der Waals surface area contributed by atoms with Crippen LogP contribution in [0, 0.1) is 5.41 Å². The predicted octanol–water partition coefficient (Wildman–Crippen LogP) is 1.74. The Hall–Kier alpha value is -2.52. The number of anilines is 1. The maximum atomic E-state index is 12.6. The molecule has 2 amide bonds. The molecule has 6 N–H and O–H groups in total. The van der Waals surface area contributed by atoms with E-state index in [4.69, 9.17) is 21.7 Å². The summed E-state index contributed by atoms with van der Waals surface area (Å²) in [5, 5.41) is 26.3. The summed E-state index contributed by atoms with van der Waals surface area (Å²) in [6.07, 6.45) is 0.709. The number of pyridine rings is 1. The predicted molar refractivity (Wildman–Crippen MR) is 111 cm³/mol. The van der Waals surface area contributed by atoms with Crippen molar-refractivity contribution in [2.45, 2.75) is 25.5 Å². The van der Waals surface area contributed by atoms with Gasteiger partial charge in [-0.2, -0.15) is 0 Å². The molecule has 0 fully saturated rings. The average molecular weight is 419 g/mol. The van der Waals surface area contributed by atoms with Gasteiger partial charge in [0.05, 0.1) is 37.5 Å². The number of nitrogens with two attached hydrogens (primary N) is 1. The zero-order chi connectivity index (χ0) is 20.8. The van der Waals surface area contributed by atoms with E-state index >= 15 is 0 Å². The number of aromatic nitrogens is 1. The monoisotopic (exact) mass is 418 g/mol. The Labute approximate surface area is 174 Å². The highest BCUT2D eigenvalue weighted by molar-refractivity contribution is 6.30. The molecule has 3 rings (SSSR count). The molecule has 2 bridgehead atoms. The van der Waals surface area contributed by atoms with Crippen molar-refractivity contribution in [3.63, 3.8) is 0 Å². The molecule has 0 saturated carbocycles. The molecular weight excluding hydrogens is 394 g/mol. The van der Waals surface area contributed by atoms with Crippen LogP contribution in [-0.4, -0.2) is 48.2 Å². The second-order valence-corrected chi connectivity index (χ2v) is 7.25. The minimum absolute atomic E-state index is 0.0950. The summed E-state index contributed by atoms with van der Waals surface area (Å²) in [7, 11) is 0. The molecule has 1 aromatic carbocycles. The van der Waals surface area contributed by atoms with E-state index in [2.05, 4.69) is 15.6 Å². The van der Waals surface area contributed by atoms with Gasteiger partial charge in [-0.3, -0.25) is 5.32 Å². The Bertz CT molecular complexity index is 892. The molecule has 2 aromatic rings. The van der Waals surface area contributed by atoms with Gasteiger partial charge in [0, 0.05) is 17.7 Å². The fourth-order valence-corrected chi connectivity index (χ4v) is 3.47. The van der Waals surface area contributed by atoms with Crippen LogP contribution in [0.5, 0.6) is 0 Å². The Morgan fingerprint density at radius 2 is 2.24 bits per heavy atom. The lowest BCUT2D eigenvalue weighted by Crippen LogP contribution is -2.78. The number of hydrogen-bond donors (Lipinski definition) is 5. The number of aliphatic hydroxyl groups is 1. The van der Waals surface area contributed by atoms with Crippen LogP contribution in [0.1, 0.15) is 29.8 Å². The fraction of sp³-hybridized carbons (Fsp3) is 0.350. The van der Waals surface area contributed by atoms with Gasteiger partial charge in [0.15, 0.2) is 5.69 Å². The van der Waals surface area contributed by atoms with Crippen molar-refractivity contribution in [3.05, 3.63) is 52.2 Å². The van der Waals surface area contributed by atoms with E-state index in [1.54, 1.807) is 24.3 Å². The van der Waals surface area contributed by atoms with E-state index in [0.717, 1.165) is 17.8 Å². The number of quaternary nitrogens is 1. The molecule has 0 spiro atoms. The van der Waals surface area contributed by atoms with Crippen molar-refractivity contribution in [1.29, 1.82) is 5.41 Å². The Kier molecular flexibility index (Phi) is 7.16. The molecule has 9 heteroatoms. The normalized spacial score (nSPS) is 20.0. The second kappa shape index (κ2) is 9.80. The van der Waals surface area contributed by atoms with Crippen LogP contribution >= 0.6 is 11.6 Å². The van der Waals surface area contributed by atoms with Crippen molar-refractivity contribution in [1.82, 2.24) is 10.3 Å². The van der Waals surface area contributed by atoms with Gasteiger partial charge in [0.25, 0.3) is 0 Å². The number of urea groups is 1. The first kappa shape index (κ1) is 21.2. The summed E-state index contributed by atoms with van der Waals surface area (Å²) in [5.41, 5.74) is 2.83. The second-order valence-electron chi connectivity index (χ2n) is 6.82. The van der Waals surface area contributed by atoms with E-state index in [1.165, 1.54) is 6.21 Å². The summed E-state index contributed by atoms with van der Waals surface area (Å²) in [5.74, 6) is 0.322. The zero-order valence-electron chi connectivity index (χ0n) is 16.1. The van der Waals surface area contributed by atoms with Crippen LogP contribution in [0.3, 0.4) is 0 Å². The zero-order valence-corrected chi connectivity index (χ0v) is 16.9. The third-order valence-corrected chi connectivity index (χ3v) is 4.79. The smallest absolute Gasteiger partial charge is 0.320 e. The van der Waals surface area contributed by atoms with Gasteiger partial charge in [0.2, 0.25) is 0 Å². The summed E-state index contributed by atoms with van der Waals surface area (Å²) in [6.45, 7) is 3.03.